The van der Waals surface area contributed by atoms with E-state index in [9.17, 15) is 34.8 Å². The average Bonchev–Trinajstić information content (AvgIpc) is 3.48. The van der Waals surface area contributed by atoms with Gasteiger partial charge >= 0.3 is 5.97 Å². The summed E-state index contributed by atoms with van der Waals surface area (Å²) in [5, 5.41) is 43.3. The molecule has 2 unspecified atom stereocenters. The van der Waals surface area contributed by atoms with Crippen LogP contribution < -0.4 is 0 Å². The predicted molar refractivity (Wildman–Crippen MR) is 138 cm³/mol. The molecule has 4 N–H and O–H groups in total. The highest BCUT2D eigenvalue weighted by atomic mass is 16.6. The third-order valence-electron chi connectivity index (χ3n) is 11.8. The van der Waals surface area contributed by atoms with Crippen LogP contribution in [-0.2, 0) is 19.1 Å². The van der Waals surface area contributed by atoms with Crippen molar-refractivity contribution in [3.05, 3.63) is 23.3 Å². The van der Waals surface area contributed by atoms with Gasteiger partial charge in [0.15, 0.2) is 5.78 Å². The molecule has 0 aromatic carbocycles. The number of ketones is 2. The quantitative estimate of drug-likeness (QED) is 0.303. The molecule has 210 valence electrons. The number of fused-ring (bicyclic) bond motifs is 3. The van der Waals surface area contributed by atoms with Crippen molar-refractivity contribution in [2.24, 2.45) is 33.5 Å². The first kappa shape index (κ1) is 27.7. The Hall–Kier alpha value is -1.87. The van der Waals surface area contributed by atoms with Crippen LogP contribution in [0.4, 0.5) is 0 Å². The Bertz CT molecular complexity index is 1180. The van der Waals surface area contributed by atoms with Gasteiger partial charge in [-0.15, -0.1) is 0 Å². The summed E-state index contributed by atoms with van der Waals surface area (Å²) in [6.07, 6.45) is 2.83. The van der Waals surface area contributed by atoms with Gasteiger partial charge in [0.1, 0.15) is 11.4 Å². The van der Waals surface area contributed by atoms with Gasteiger partial charge in [0.25, 0.3) is 0 Å². The van der Waals surface area contributed by atoms with Gasteiger partial charge < -0.3 is 25.2 Å². The molecule has 5 aliphatic rings. The number of carboxylic acid groups (broad SMARTS) is 1. The number of carbonyl (C=O) groups is 3. The molecule has 1 saturated heterocycles. The fourth-order valence-electron chi connectivity index (χ4n) is 9.23. The van der Waals surface area contributed by atoms with Crippen LogP contribution >= 0.6 is 0 Å². The van der Waals surface area contributed by atoms with Crippen molar-refractivity contribution in [1.82, 2.24) is 0 Å². The standard InChI is InChI=1S/C30H42O8/c1-15(24(35)36)10-16(31)14-27(5,37)19-12-22(34)29(7)28(19,6)21(33)11-18-26(4)9-8-20(32)25(2,3)17(26)13-23-30(18,29)38-23/h11-12,15,17,20,22-23,32,34,37H,8-10,13-14H2,1-7H3,(H,35,36)/t15?,17?,20-,22+,23-,26-,27-,28-,29+,30+/m0/s1. The van der Waals surface area contributed by atoms with E-state index in [1.54, 1.807) is 13.0 Å². The number of rotatable bonds is 6. The largest absolute Gasteiger partial charge is 0.481 e. The SMILES string of the molecule is CC(CC(=O)C[C@](C)(O)C1=C[C@@H](O)[C@]2(C)[C@]1(C)C(=O)C=C1[C@]23O[C@H]3CC2C(C)(C)[C@@H](O)CC[C@]12C)C(=O)O. The number of epoxide rings is 1. The van der Waals surface area contributed by atoms with E-state index in [4.69, 9.17) is 4.74 Å². The lowest BCUT2D eigenvalue weighted by atomic mass is 9.40. The highest BCUT2D eigenvalue weighted by Crippen LogP contribution is 2.79. The van der Waals surface area contributed by atoms with Gasteiger partial charge in [-0.05, 0) is 67.1 Å². The summed E-state index contributed by atoms with van der Waals surface area (Å²) in [7, 11) is 0. The van der Waals surface area contributed by atoms with Crippen molar-refractivity contribution in [3.63, 3.8) is 0 Å². The molecule has 0 radical (unpaired) electrons. The van der Waals surface area contributed by atoms with E-state index in [2.05, 4.69) is 20.8 Å². The van der Waals surface area contributed by atoms with Crippen LogP contribution in [0, 0.1) is 33.5 Å². The first-order valence-electron chi connectivity index (χ1n) is 13.8. The van der Waals surface area contributed by atoms with Gasteiger partial charge in [-0.25, -0.2) is 0 Å². The maximum atomic E-state index is 14.2. The van der Waals surface area contributed by atoms with E-state index < -0.39 is 57.3 Å². The average molecular weight is 531 g/mol. The summed E-state index contributed by atoms with van der Waals surface area (Å²) in [6.45, 7) is 12.8. The first-order chi connectivity index (χ1) is 17.3. The topological polar surface area (TPSA) is 145 Å². The van der Waals surface area contributed by atoms with Crippen LogP contribution in [0.3, 0.4) is 0 Å². The van der Waals surface area contributed by atoms with Gasteiger partial charge in [0.05, 0.1) is 35.2 Å². The summed E-state index contributed by atoms with van der Waals surface area (Å²) in [5.74, 6) is -2.55. The molecule has 3 fully saturated rings. The molecule has 10 atom stereocenters. The number of carboxylic acids is 1. The van der Waals surface area contributed by atoms with Crippen molar-refractivity contribution < 1.29 is 39.5 Å². The number of hydrogen-bond donors (Lipinski definition) is 4. The van der Waals surface area contributed by atoms with Crippen LogP contribution in [-0.4, -0.2) is 67.5 Å². The van der Waals surface area contributed by atoms with Gasteiger partial charge in [0, 0.05) is 18.3 Å². The third-order valence-corrected chi connectivity index (χ3v) is 11.8. The van der Waals surface area contributed by atoms with Crippen LogP contribution in [0.1, 0.15) is 80.6 Å². The van der Waals surface area contributed by atoms with Crippen molar-refractivity contribution in [2.45, 2.75) is 110 Å². The van der Waals surface area contributed by atoms with E-state index in [0.717, 1.165) is 5.57 Å². The molecule has 0 bridgehead atoms. The van der Waals surface area contributed by atoms with E-state index in [-0.39, 0.29) is 41.6 Å². The maximum absolute atomic E-state index is 14.2. The molecule has 1 spiro atoms. The summed E-state index contributed by atoms with van der Waals surface area (Å²) < 4.78 is 6.57. The Balaban J connectivity index is 1.57. The Kier molecular flexibility index (Phi) is 5.73. The Morgan fingerprint density at radius 1 is 1.18 bits per heavy atom. The van der Waals surface area contributed by atoms with Crippen molar-refractivity contribution in [2.75, 3.05) is 0 Å². The lowest BCUT2D eigenvalue weighted by Gasteiger charge is -2.62. The van der Waals surface area contributed by atoms with Gasteiger partial charge in [-0.2, -0.15) is 0 Å². The van der Waals surface area contributed by atoms with Gasteiger partial charge in [0.2, 0.25) is 0 Å². The minimum Gasteiger partial charge on any atom is -0.481 e. The highest BCUT2D eigenvalue weighted by Gasteiger charge is 2.85. The van der Waals surface area contributed by atoms with Gasteiger partial charge in [-0.3, -0.25) is 14.4 Å². The van der Waals surface area contributed by atoms with E-state index in [0.29, 0.717) is 19.3 Å². The number of aliphatic hydroxyl groups excluding tert-OH is 2. The fourth-order valence-corrected chi connectivity index (χ4v) is 9.23. The van der Waals surface area contributed by atoms with E-state index >= 15 is 0 Å². The number of allylic oxidation sites excluding steroid dienone is 1. The van der Waals surface area contributed by atoms with Crippen molar-refractivity contribution >= 4 is 17.5 Å². The second-order valence-electron chi connectivity index (χ2n) is 14.1. The third kappa shape index (κ3) is 3.09. The highest BCUT2D eigenvalue weighted by molar-refractivity contribution is 6.02. The van der Waals surface area contributed by atoms with Crippen LogP contribution in [0.5, 0.6) is 0 Å². The lowest BCUT2D eigenvalue weighted by Crippen LogP contribution is -2.66. The van der Waals surface area contributed by atoms with Crippen LogP contribution in [0.2, 0.25) is 0 Å². The normalized spacial score (nSPS) is 46.8. The smallest absolute Gasteiger partial charge is 0.306 e. The zero-order valence-electron chi connectivity index (χ0n) is 23.5. The predicted octanol–water partition coefficient (Wildman–Crippen LogP) is 2.97. The number of ether oxygens (including phenoxy) is 1. The first-order valence-corrected chi connectivity index (χ1v) is 13.8. The molecule has 0 aromatic heterocycles. The molecule has 0 aromatic rings. The minimum absolute atomic E-state index is 0.0920. The molecule has 5 rings (SSSR count). The Labute approximate surface area is 224 Å². The Morgan fingerprint density at radius 2 is 1.82 bits per heavy atom. The van der Waals surface area contributed by atoms with E-state index in [1.807, 2.05) is 6.92 Å². The molecule has 2 saturated carbocycles. The zero-order chi connectivity index (χ0) is 28.4. The number of carbonyl (C=O) groups excluding carboxylic acids is 2. The molecule has 8 heteroatoms. The number of aliphatic carboxylic acids is 1. The molecular weight excluding hydrogens is 488 g/mol. The number of hydrogen-bond acceptors (Lipinski definition) is 7. The molecule has 38 heavy (non-hydrogen) atoms. The fraction of sp³-hybridized carbons (Fsp3) is 0.767. The minimum atomic E-state index is -1.76. The maximum Gasteiger partial charge on any atom is 0.306 e. The Morgan fingerprint density at radius 3 is 2.42 bits per heavy atom. The van der Waals surface area contributed by atoms with E-state index in [1.165, 1.54) is 19.9 Å². The van der Waals surface area contributed by atoms with Crippen LogP contribution in [0.25, 0.3) is 0 Å². The summed E-state index contributed by atoms with van der Waals surface area (Å²) in [5.41, 5.74) is -4.70. The zero-order valence-corrected chi connectivity index (χ0v) is 23.5. The van der Waals surface area contributed by atoms with Gasteiger partial charge in [-0.1, -0.05) is 40.7 Å². The van der Waals surface area contributed by atoms with Crippen LogP contribution in [0.15, 0.2) is 23.3 Å². The lowest BCUT2D eigenvalue weighted by molar-refractivity contribution is -0.146. The van der Waals surface area contributed by atoms with Crippen molar-refractivity contribution in [3.8, 4) is 0 Å². The molecular formula is C30H42O8. The second-order valence-corrected chi connectivity index (χ2v) is 14.1. The molecule has 1 aliphatic heterocycles. The summed E-state index contributed by atoms with van der Waals surface area (Å²) in [4.78, 5) is 38.2. The molecule has 1 heterocycles. The van der Waals surface area contributed by atoms with Crippen molar-refractivity contribution in [1.29, 1.82) is 0 Å². The monoisotopic (exact) mass is 530 g/mol. The second kappa shape index (κ2) is 7.87. The summed E-state index contributed by atoms with van der Waals surface area (Å²) in [6, 6.07) is 0. The summed E-state index contributed by atoms with van der Waals surface area (Å²) >= 11 is 0. The number of Topliss-reactive ketones (excluding diaryl/α,β-unsaturated/α-hetero) is 1. The molecule has 4 aliphatic carbocycles. The molecule has 0 amide bonds. The molecule has 8 nitrogen and oxygen atoms in total. The number of aliphatic hydroxyl groups is 3.